The van der Waals surface area contributed by atoms with E-state index in [1.54, 1.807) is 23.1 Å². The lowest BCUT2D eigenvalue weighted by molar-refractivity contribution is 0.0551. The first kappa shape index (κ1) is 28.4. The van der Waals surface area contributed by atoms with Crippen molar-refractivity contribution in [2.75, 3.05) is 55.9 Å². The van der Waals surface area contributed by atoms with Crippen molar-refractivity contribution in [3.63, 3.8) is 0 Å². The maximum Gasteiger partial charge on any atom is 0.414 e. The molecule has 0 radical (unpaired) electrons. The third-order valence-corrected chi connectivity index (χ3v) is 7.11. The molecule has 2 amide bonds. The van der Waals surface area contributed by atoms with Gasteiger partial charge in [0.15, 0.2) is 5.82 Å². The van der Waals surface area contributed by atoms with Crippen molar-refractivity contribution >= 4 is 52.4 Å². The molecule has 0 bridgehead atoms. The summed E-state index contributed by atoms with van der Waals surface area (Å²) in [6.07, 6.45) is 3.32. The third-order valence-electron chi connectivity index (χ3n) is 6.83. The molecule has 1 unspecified atom stereocenters. The van der Waals surface area contributed by atoms with Crippen molar-refractivity contribution in [2.45, 2.75) is 25.4 Å². The largest absolute Gasteiger partial charge is 0.491 e. The minimum Gasteiger partial charge on any atom is -0.491 e. The molecular formula is C28H31ClFN7O4. The van der Waals surface area contributed by atoms with Crippen molar-refractivity contribution in [3.8, 4) is 5.75 Å². The van der Waals surface area contributed by atoms with Crippen molar-refractivity contribution < 1.29 is 23.5 Å². The van der Waals surface area contributed by atoms with Gasteiger partial charge in [0.1, 0.15) is 22.7 Å². The molecule has 3 heterocycles. The Balaban J connectivity index is 1.34. The van der Waals surface area contributed by atoms with E-state index in [0.29, 0.717) is 43.2 Å². The monoisotopic (exact) mass is 583 g/mol. The number of rotatable bonds is 6. The molecule has 3 N–H and O–H groups in total. The number of anilines is 5. The summed E-state index contributed by atoms with van der Waals surface area (Å²) >= 11 is 6.29. The molecule has 2 aliphatic rings. The van der Waals surface area contributed by atoms with Crippen LogP contribution in [0.4, 0.5) is 38.0 Å². The number of benzene rings is 2. The predicted molar refractivity (Wildman–Crippen MR) is 154 cm³/mol. The number of para-hydroxylation sites is 1. The number of halogens is 2. The maximum absolute atomic E-state index is 14.6. The van der Waals surface area contributed by atoms with Gasteiger partial charge in [0.2, 0.25) is 5.95 Å². The van der Waals surface area contributed by atoms with Gasteiger partial charge in [0, 0.05) is 31.9 Å². The van der Waals surface area contributed by atoms with Gasteiger partial charge >= 0.3 is 6.09 Å². The number of fused-ring (bicyclic) bond motifs is 1. The number of carbonyl (C=O) groups excluding carboxylic acids is 2. The first-order chi connectivity index (χ1) is 19.8. The fourth-order valence-electron chi connectivity index (χ4n) is 4.80. The molecule has 2 aliphatic heterocycles. The van der Waals surface area contributed by atoms with Crippen molar-refractivity contribution in [1.29, 1.82) is 0 Å². The van der Waals surface area contributed by atoms with Gasteiger partial charge in [-0.05, 0) is 57.1 Å². The highest BCUT2D eigenvalue weighted by Gasteiger charge is 2.28. The fourth-order valence-corrected chi connectivity index (χ4v) is 4.94. The van der Waals surface area contributed by atoms with Crippen LogP contribution in [-0.2, 0) is 4.74 Å². The lowest BCUT2D eigenvalue weighted by Gasteiger charge is -2.31. The minimum absolute atomic E-state index is 0.0660. The Morgan fingerprint density at radius 2 is 2.02 bits per heavy atom. The summed E-state index contributed by atoms with van der Waals surface area (Å²) in [7, 11) is 3.48. The molecule has 0 saturated carbocycles. The first-order valence-corrected chi connectivity index (χ1v) is 13.7. The molecule has 1 saturated heterocycles. The zero-order valence-electron chi connectivity index (χ0n) is 22.7. The van der Waals surface area contributed by atoms with E-state index < -0.39 is 17.8 Å². The number of aromatic nitrogens is 2. The molecule has 1 aromatic heterocycles. The van der Waals surface area contributed by atoms with Crippen LogP contribution in [0.1, 0.15) is 29.6 Å². The van der Waals surface area contributed by atoms with Crippen LogP contribution in [0.5, 0.6) is 5.75 Å². The van der Waals surface area contributed by atoms with E-state index >= 15 is 0 Å². The average Bonchev–Trinajstić information content (AvgIpc) is 3.17. The SMILES string of the molecule is CNC(=O)c1cccc(F)c1Nc1nc(Nc2ccc3c(c2)OCCCN3C(=O)OC2CCCN(C)C2)ncc1Cl. The lowest BCUT2D eigenvalue weighted by Crippen LogP contribution is -2.42. The summed E-state index contributed by atoms with van der Waals surface area (Å²) in [6, 6.07) is 9.46. The Hall–Kier alpha value is -4.16. The number of nitrogens with zero attached hydrogens (tertiary/aromatic N) is 4. The molecule has 2 aromatic carbocycles. The van der Waals surface area contributed by atoms with Crippen molar-refractivity contribution in [3.05, 3.63) is 59.0 Å². The fraction of sp³-hybridized carbons (Fsp3) is 0.357. The molecule has 5 rings (SSSR count). The lowest BCUT2D eigenvalue weighted by atomic mass is 10.1. The number of likely N-dealkylation sites (N-methyl/N-ethyl adjacent to an activating group) is 1. The normalized spacial score (nSPS) is 17.1. The molecular weight excluding hydrogens is 553 g/mol. The topological polar surface area (TPSA) is 121 Å². The zero-order chi connectivity index (χ0) is 28.9. The van der Waals surface area contributed by atoms with Gasteiger partial charge in [0.25, 0.3) is 5.91 Å². The average molecular weight is 584 g/mol. The van der Waals surface area contributed by atoms with Crippen LogP contribution in [0, 0.1) is 5.82 Å². The highest BCUT2D eigenvalue weighted by atomic mass is 35.5. The summed E-state index contributed by atoms with van der Waals surface area (Å²) in [4.78, 5) is 37.7. The van der Waals surface area contributed by atoms with Gasteiger partial charge < -0.3 is 30.3 Å². The van der Waals surface area contributed by atoms with Crippen LogP contribution in [0.25, 0.3) is 0 Å². The van der Waals surface area contributed by atoms with Crippen LogP contribution in [0.15, 0.2) is 42.6 Å². The molecule has 41 heavy (non-hydrogen) atoms. The van der Waals surface area contributed by atoms with E-state index in [1.165, 1.54) is 31.4 Å². The van der Waals surface area contributed by atoms with Crippen LogP contribution in [0.2, 0.25) is 5.02 Å². The molecule has 1 fully saturated rings. The summed E-state index contributed by atoms with van der Waals surface area (Å²) < 4.78 is 26.4. The molecule has 11 nitrogen and oxygen atoms in total. The van der Waals surface area contributed by atoms with Crippen LogP contribution < -0.4 is 25.6 Å². The van der Waals surface area contributed by atoms with E-state index in [9.17, 15) is 14.0 Å². The first-order valence-electron chi connectivity index (χ1n) is 13.3. The van der Waals surface area contributed by atoms with Gasteiger partial charge in [-0.2, -0.15) is 4.98 Å². The number of ether oxygens (including phenoxy) is 2. The van der Waals surface area contributed by atoms with E-state index in [-0.39, 0.29) is 34.1 Å². The van der Waals surface area contributed by atoms with Crippen molar-refractivity contribution in [1.82, 2.24) is 20.2 Å². The molecule has 13 heteroatoms. The smallest absolute Gasteiger partial charge is 0.414 e. The Morgan fingerprint density at radius 1 is 1.17 bits per heavy atom. The molecule has 3 aromatic rings. The van der Waals surface area contributed by atoms with Gasteiger partial charge in [0.05, 0.1) is 29.7 Å². The second-order valence-electron chi connectivity index (χ2n) is 9.83. The second kappa shape index (κ2) is 12.6. The number of hydrogen-bond acceptors (Lipinski definition) is 9. The Kier molecular flexibility index (Phi) is 8.70. The quantitative estimate of drug-likeness (QED) is 0.371. The van der Waals surface area contributed by atoms with Gasteiger partial charge in [-0.3, -0.25) is 9.69 Å². The summed E-state index contributed by atoms with van der Waals surface area (Å²) in [6.45, 7) is 2.63. The Bertz CT molecular complexity index is 1440. The predicted octanol–water partition coefficient (Wildman–Crippen LogP) is 4.94. The van der Waals surface area contributed by atoms with Crippen LogP contribution in [-0.4, -0.2) is 73.3 Å². The maximum atomic E-state index is 14.6. The number of carbonyl (C=O) groups is 2. The number of piperidine rings is 1. The van der Waals surface area contributed by atoms with Crippen LogP contribution >= 0.6 is 11.6 Å². The number of likely N-dealkylation sites (tertiary alicyclic amines) is 1. The van der Waals surface area contributed by atoms with E-state index in [2.05, 4.69) is 30.8 Å². The molecule has 216 valence electrons. The number of hydrogen-bond donors (Lipinski definition) is 3. The third kappa shape index (κ3) is 6.60. The molecule has 0 aliphatic carbocycles. The Morgan fingerprint density at radius 3 is 2.83 bits per heavy atom. The summed E-state index contributed by atoms with van der Waals surface area (Å²) in [5.41, 5.74) is 1.24. The van der Waals surface area contributed by atoms with Crippen molar-refractivity contribution in [2.24, 2.45) is 0 Å². The van der Waals surface area contributed by atoms with Gasteiger partial charge in [-0.15, -0.1) is 0 Å². The standard InChI is InChI=1S/C28H31ClFN7O4/c1-31-26(38)19-7-3-8-21(30)24(19)34-25-20(29)15-32-27(35-25)33-17-9-10-22-23(14-17)40-13-5-12-37(22)28(39)41-18-6-4-11-36(2)16-18/h3,7-10,14-15,18H,4-6,11-13,16H2,1-2H3,(H,31,38)(H2,32,33,34,35). The van der Waals surface area contributed by atoms with E-state index in [4.69, 9.17) is 21.1 Å². The number of amides is 2. The second-order valence-corrected chi connectivity index (χ2v) is 10.2. The number of nitrogens with one attached hydrogen (secondary N) is 3. The van der Waals surface area contributed by atoms with Crippen LogP contribution in [0.3, 0.4) is 0 Å². The summed E-state index contributed by atoms with van der Waals surface area (Å²) in [5.74, 6) is -0.325. The minimum atomic E-state index is -0.642. The summed E-state index contributed by atoms with van der Waals surface area (Å²) in [5, 5.41) is 8.52. The molecule has 0 spiro atoms. The van der Waals surface area contributed by atoms with E-state index in [1.807, 2.05) is 7.05 Å². The van der Waals surface area contributed by atoms with Gasteiger partial charge in [-0.1, -0.05) is 17.7 Å². The Labute approximate surface area is 242 Å². The zero-order valence-corrected chi connectivity index (χ0v) is 23.5. The highest BCUT2D eigenvalue weighted by Crippen LogP contribution is 2.35. The van der Waals surface area contributed by atoms with E-state index in [0.717, 1.165) is 19.4 Å². The highest BCUT2D eigenvalue weighted by molar-refractivity contribution is 6.33. The molecule has 1 atom stereocenters. The van der Waals surface area contributed by atoms with Gasteiger partial charge in [-0.25, -0.2) is 14.2 Å².